The van der Waals surface area contributed by atoms with Crippen molar-refractivity contribution in [2.75, 3.05) is 13.1 Å². The van der Waals surface area contributed by atoms with E-state index in [0.29, 0.717) is 0 Å². The fourth-order valence-corrected chi connectivity index (χ4v) is 4.33. The van der Waals surface area contributed by atoms with E-state index >= 15 is 0 Å². The average molecular weight is 294 g/mol. The van der Waals surface area contributed by atoms with Gasteiger partial charge < -0.3 is 5.32 Å². The second-order valence-electron chi connectivity index (χ2n) is 7.00. The molecule has 0 saturated heterocycles. The fraction of sp³-hybridized carbons (Fsp3) is 0.778. The molecular formula is C18H31NS. The van der Waals surface area contributed by atoms with E-state index in [1.165, 1.54) is 37.1 Å². The van der Waals surface area contributed by atoms with Crippen molar-refractivity contribution in [3.63, 3.8) is 0 Å². The van der Waals surface area contributed by atoms with Crippen LogP contribution in [0.15, 0.2) is 11.4 Å². The molecule has 20 heavy (non-hydrogen) atoms. The van der Waals surface area contributed by atoms with Gasteiger partial charge >= 0.3 is 0 Å². The van der Waals surface area contributed by atoms with Gasteiger partial charge in [-0.1, -0.05) is 33.6 Å². The van der Waals surface area contributed by atoms with Crippen LogP contribution in [0.3, 0.4) is 0 Å². The van der Waals surface area contributed by atoms with E-state index in [4.69, 9.17) is 0 Å². The van der Waals surface area contributed by atoms with Crippen LogP contribution in [-0.2, 0) is 0 Å². The molecule has 2 rings (SSSR count). The van der Waals surface area contributed by atoms with Crippen LogP contribution in [0.2, 0.25) is 0 Å². The van der Waals surface area contributed by atoms with Gasteiger partial charge in [0.25, 0.3) is 0 Å². The third kappa shape index (κ3) is 4.33. The van der Waals surface area contributed by atoms with E-state index in [-0.39, 0.29) is 0 Å². The molecule has 1 heterocycles. The van der Waals surface area contributed by atoms with Crippen LogP contribution in [0.1, 0.15) is 62.8 Å². The smallest absolute Gasteiger partial charge is 0.00171 e. The normalized spacial score (nSPS) is 27.1. The number of hydrogen-bond acceptors (Lipinski definition) is 2. The number of thiophene rings is 1. The van der Waals surface area contributed by atoms with Gasteiger partial charge in [0.05, 0.1) is 0 Å². The Bertz CT molecular complexity index is 396. The zero-order valence-corrected chi connectivity index (χ0v) is 14.4. The second-order valence-corrected chi connectivity index (χ2v) is 8.11. The molecule has 1 aliphatic rings. The van der Waals surface area contributed by atoms with Crippen molar-refractivity contribution in [1.29, 1.82) is 0 Å². The topological polar surface area (TPSA) is 12.0 Å². The predicted octanol–water partition coefficient (Wildman–Crippen LogP) is 5.21. The molecule has 0 aromatic carbocycles. The van der Waals surface area contributed by atoms with E-state index in [1.54, 1.807) is 5.56 Å². The lowest BCUT2D eigenvalue weighted by atomic mass is 9.71. The molecule has 0 bridgehead atoms. The predicted molar refractivity (Wildman–Crippen MR) is 90.6 cm³/mol. The van der Waals surface area contributed by atoms with Gasteiger partial charge in [-0.05, 0) is 73.5 Å². The quantitative estimate of drug-likeness (QED) is 0.759. The Morgan fingerprint density at radius 1 is 1.35 bits per heavy atom. The maximum Gasteiger partial charge on any atom is 0.00171 e. The zero-order chi connectivity index (χ0) is 14.5. The van der Waals surface area contributed by atoms with Crippen molar-refractivity contribution >= 4 is 11.3 Å². The molecule has 1 aromatic rings. The van der Waals surface area contributed by atoms with Gasteiger partial charge in [-0.3, -0.25) is 0 Å². The van der Waals surface area contributed by atoms with Crippen LogP contribution in [-0.4, -0.2) is 13.1 Å². The highest BCUT2D eigenvalue weighted by molar-refractivity contribution is 7.10. The monoisotopic (exact) mass is 293 g/mol. The highest BCUT2D eigenvalue weighted by Crippen LogP contribution is 2.42. The number of aryl methyl sites for hydroxylation is 1. The summed E-state index contributed by atoms with van der Waals surface area (Å²) >= 11 is 1.92. The van der Waals surface area contributed by atoms with Crippen molar-refractivity contribution < 1.29 is 0 Å². The lowest BCUT2D eigenvalue weighted by Crippen LogP contribution is -2.33. The van der Waals surface area contributed by atoms with Crippen LogP contribution in [0, 0.1) is 24.7 Å². The van der Waals surface area contributed by atoms with Crippen molar-refractivity contribution in [3.05, 3.63) is 21.9 Å². The molecule has 1 aromatic heterocycles. The molecule has 3 unspecified atom stereocenters. The summed E-state index contributed by atoms with van der Waals surface area (Å²) in [5.41, 5.74) is 1.61. The maximum absolute atomic E-state index is 3.70. The van der Waals surface area contributed by atoms with Crippen molar-refractivity contribution in [2.45, 2.75) is 59.3 Å². The Hall–Kier alpha value is -0.340. The van der Waals surface area contributed by atoms with Gasteiger partial charge in [-0.15, -0.1) is 11.3 Å². The molecule has 1 N–H and O–H groups in total. The highest BCUT2D eigenvalue weighted by atomic mass is 32.1. The number of hydrogen-bond donors (Lipinski definition) is 1. The lowest BCUT2D eigenvalue weighted by Gasteiger charge is -2.36. The lowest BCUT2D eigenvalue weighted by molar-refractivity contribution is 0.224. The minimum Gasteiger partial charge on any atom is -0.316 e. The van der Waals surface area contributed by atoms with Gasteiger partial charge in [-0.25, -0.2) is 0 Å². The van der Waals surface area contributed by atoms with E-state index < -0.39 is 0 Å². The summed E-state index contributed by atoms with van der Waals surface area (Å²) in [4.78, 5) is 1.47. The molecule has 0 spiro atoms. The van der Waals surface area contributed by atoms with Crippen molar-refractivity contribution in [3.8, 4) is 0 Å². The maximum atomic E-state index is 3.70. The van der Waals surface area contributed by atoms with Crippen LogP contribution in [0.4, 0.5) is 0 Å². The molecule has 1 aliphatic carbocycles. The highest BCUT2D eigenvalue weighted by Gasteiger charge is 2.31. The van der Waals surface area contributed by atoms with Crippen molar-refractivity contribution in [1.82, 2.24) is 5.32 Å². The molecule has 0 aliphatic heterocycles. The molecule has 0 radical (unpaired) electrons. The summed E-state index contributed by atoms with van der Waals surface area (Å²) in [6, 6.07) is 2.43. The largest absolute Gasteiger partial charge is 0.316 e. The molecular weight excluding hydrogens is 262 g/mol. The van der Waals surface area contributed by atoms with E-state index in [0.717, 1.165) is 30.2 Å². The number of rotatable bonds is 6. The third-order valence-electron chi connectivity index (χ3n) is 4.82. The molecule has 3 atom stereocenters. The Kier molecular flexibility index (Phi) is 6.10. The molecule has 2 heteroatoms. The minimum absolute atomic E-state index is 0.754. The van der Waals surface area contributed by atoms with Gasteiger partial charge in [0.1, 0.15) is 0 Å². The van der Waals surface area contributed by atoms with E-state index in [9.17, 15) is 0 Å². The van der Waals surface area contributed by atoms with Crippen LogP contribution in [0.25, 0.3) is 0 Å². The Morgan fingerprint density at radius 3 is 2.75 bits per heavy atom. The van der Waals surface area contributed by atoms with Crippen LogP contribution >= 0.6 is 11.3 Å². The summed E-state index contributed by atoms with van der Waals surface area (Å²) in [7, 11) is 0. The Labute approximate surface area is 129 Å². The summed E-state index contributed by atoms with van der Waals surface area (Å²) < 4.78 is 0. The molecule has 114 valence electrons. The van der Waals surface area contributed by atoms with Gasteiger partial charge in [0.15, 0.2) is 0 Å². The van der Waals surface area contributed by atoms with Crippen LogP contribution < -0.4 is 5.32 Å². The molecule has 1 saturated carbocycles. The third-order valence-corrected chi connectivity index (χ3v) is 5.70. The van der Waals surface area contributed by atoms with Crippen molar-refractivity contribution in [2.24, 2.45) is 17.8 Å². The first-order valence-electron chi connectivity index (χ1n) is 8.35. The Morgan fingerprint density at radius 2 is 2.15 bits per heavy atom. The summed E-state index contributed by atoms with van der Waals surface area (Å²) in [6.07, 6.45) is 5.60. The average Bonchev–Trinajstić information content (AvgIpc) is 2.85. The van der Waals surface area contributed by atoms with Gasteiger partial charge in [-0.2, -0.15) is 0 Å². The second kappa shape index (κ2) is 7.61. The van der Waals surface area contributed by atoms with Crippen LogP contribution in [0.5, 0.6) is 0 Å². The first-order valence-corrected chi connectivity index (χ1v) is 9.23. The SMILES string of the molecule is CCC1CCC(CNCC(C)C)C(c2csc(C)c2)C1. The molecule has 1 fully saturated rings. The zero-order valence-electron chi connectivity index (χ0n) is 13.6. The van der Waals surface area contributed by atoms with E-state index in [2.05, 4.69) is 44.5 Å². The first kappa shape index (κ1) is 16.0. The Balaban J connectivity index is 2.00. The standard InChI is InChI=1S/C18H31NS/c1-5-15-6-7-16(11-19-10-13(2)3)18(9-15)17-8-14(4)20-12-17/h8,12-13,15-16,18-19H,5-7,9-11H2,1-4H3. The summed E-state index contributed by atoms with van der Waals surface area (Å²) in [5.74, 6) is 3.33. The molecule has 0 amide bonds. The fourth-order valence-electron chi connectivity index (χ4n) is 3.56. The summed E-state index contributed by atoms with van der Waals surface area (Å²) in [5, 5.41) is 6.11. The minimum atomic E-state index is 0.754. The molecule has 1 nitrogen and oxygen atoms in total. The first-order chi connectivity index (χ1) is 9.60. The van der Waals surface area contributed by atoms with Gasteiger partial charge in [0, 0.05) is 4.88 Å². The van der Waals surface area contributed by atoms with E-state index in [1.807, 2.05) is 11.3 Å². The number of nitrogens with one attached hydrogen (secondary N) is 1. The summed E-state index contributed by atoms with van der Waals surface area (Å²) in [6.45, 7) is 11.5. The van der Waals surface area contributed by atoms with Gasteiger partial charge in [0.2, 0.25) is 0 Å².